The lowest BCUT2D eigenvalue weighted by atomic mass is 10.5. The zero-order valence-corrected chi connectivity index (χ0v) is 5.97. The first kappa shape index (κ1) is 6.35. The Morgan fingerprint density at radius 3 is 2.78 bits per heavy atom. The summed E-state index contributed by atoms with van der Waals surface area (Å²) in [6.07, 6.45) is 0.272. The number of nitrogens with zero attached hydrogens (tertiary/aromatic N) is 2. The predicted molar refractivity (Wildman–Crippen MR) is 36.6 cm³/mol. The van der Waals surface area contributed by atoms with E-state index in [4.69, 9.17) is 0 Å². The van der Waals surface area contributed by atoms with Crippen LogP contribution in [0.1, 0.15) is 13.8 Å². The van der Waals surface area contributed by atoms with Crippen LogP contribution in [0.25, 0.3) is 0 Å². The molecule has 0 amide bonds. The third-order valence-corrected chi connectivity index (χ3v) is 1.34. The Balaban J connectivity index is 2.54. The van der Waals surface area contributed by atoms with E-state index < -0.39 is 0 Å². The van der Waals surface area contributed by atoms with E-state index in [0.717, 1.165) is 5.84 Å². The maximum atomic E-state index is 3.98. The summed E-state index contributed by atoms with van der Waals surface area (Å²) >= 11 is 0. The van der Waals surface area contributed by atoms with Crippen molar-refractivity contribution < 1.29 is 0 Å². The molecule has 0 radical (unpaired) electrons. The molecule has 52 valence electrons. The molecule has 0 saturated heterocycles. The number of nitrogens with one attached hydrogen (secondary N) is 2. The van der Waals surface area contributed by atoms with Crippen LogP contribution in [0.15, 0.2) is 5.10 Å². The van der Waals surface area contributed by atoms with Crippen LogP contribution in [0.3, 0.4) is 0 Å². The highest BCUT2D eigenvalue weighted by molar-refractivity contribution is 5.79. The molecule has 0 spiro atoms. The van der Waals surface area contributed by atoms with E-state index in [9.17, 15) is 0 Å². The molecule has 9 heavy (non-hydrogen) atoms. The zero-order chi connectivity index (χ0) is 6.85. The molecule has 1 heterocycles. The molecule has 0 aromatic rings. The highest BCUT2D eigenvalue weighted by Gasteiger charge is 2.11. The molecule has 4 nitrogen and oxygen atoms in total. The largest absolute Gasteiger partial charge is 0.304 e. The highest BCUT2D eigenvalue weighted by Crippen LogP contribution is 1.91. The van der Waals surface area contributed by atoms with Crippen molar-refractivity contribution in [2.45, 2.75) is 20.0 Å². The Kier molecular flexibility index (Phi) is 1.57. The Bertz CT molecular complexity index is 131. The van der Waals surface area contributed by atoms with Gasteiger partial charge in [-0.3, -0.25) is 5.43 Å². The van der Waals surface area contributed by atoms with Gasteiger partial charge < -0.3 is 5.43 Å². The first-order valence-electron chi connectivity index (χ1n) is 2.99. The van der Waals surface area contributed by atoms with Crippen LogP contribution in [-0.2, 0) is 0 Å². The van der Waals surface area contributed by atoms with Crippen molar-refractivity contribution in [3.05, 3.63) is 0 Å². The summed E-state index contributed by atoms with van der Waals surface area (Å²) in [5.41, 5.74) is 5.98. The minimum absolute atomic E-state index is 0.272. The lowest BCUT2D eigenvalue weighted by molar-refractivity contribution is 0.171. The van der Waals surface area contributed by atoms with Gasteiger partial charge in [-0.1, -0.05) is 0 Å². The summed E-state index contributed by atoms with van der Waals surface area (Å²) in [4.78, 5) is 0. The number of hydrazone groups is 1. The molecule has 1 rings (SSSR count). The van der Waals surface area contributed by atoms with E-state index in [-0.39, 0.29) is 6.17 Å². The van der Waals surface area contributed by atoms with Gasteiger partial charge in [0.15, 0.2) is 0 Å². The van der Waals surface area contributed by atoms with Crippen molar-refractivity contribution in [2.24, 2.45) is 5.10 Å². The first-order valence-corrected chi connectivity index (χ1v) is 2.99. The fraction of sp³-hybridized carbons (Fsp3) is 0.800. The maximum absolute atomic E-state index is 3.98. The standard InChI is InChI=1S/C5H12N4/c1-4-6-7-5(2)9(3)8-4/h5,7H,1-3H3,(H,6,8). The van der Waals surface area contributed by atoms with Gasteiger partial charge in [-0.15, -0.1) is 0 Å². The SMILES string of the molecule is CC1=NNC(C)N(C)N1. The molecule has 1 atom stereocenters. The molecule has 1 aliphatic heterocycles. The van der Waals surface area contributed by atoms with Gasteiger partial charge in [-0.05, 0) is 13.8 Å². The van der Waals surface area contributed by atoms with Crippen LogP contribution in [0.4, 0.5) is 0 Å². The van der Waals surface area contributed by atoms with E-state index in [2.05, 4.69) is 16.0 Å². The third kappa shape index (κ3) is 1.32. The topological polar surface area (TPSA) is 39.7 Å². The van der Waals surface area contributed by atoms with Crippen LogP contribution in [0.5, 0.6) is 0 Å². The van der Waals surface area contributed by atoms with Crippen molar-refractivity contribution in [3.63, 3.8) is 0 Å². The quantitative estimate of drug-likeness (QED) is 0.470. The Morgan fingerprint density at radius 1 is 1.67 bits per heavy atom. The molecule has 1 unspecified atom stereocenters. The predicted octanol–water partition coefficient (Wildman–Crippen LogP) is -0.295. The lowest BCUT2D eigenvalue weighted by Crippen LogP contribution is -2.53. The summed E-state index contributed by atoms with van der Waals surface area (Å²) in [5, 5.41) is 5.94. The van der Waals surface area contributed by atoms with Crippen LogP contribution in [0.2, 0.25) is 0 Å². The van der Waals surface area contributed by atoms with Gasteiger partial charge in [0.05, 0.1) is 0 Å². The monoisotopic (exact) mass is 128 g/mol. The van der Waals surface area contributed by atoms with Gasteiger partial charge in [0.2, 0.25) is 0 Å². The average molecular weight is 128 g/mol. The molecule has 0 saturated carbocycles. The van der Waals surface area contributed by atoms with E-state index >= 15 is 0 Å². The van der Waals surface area contributed by atoms with E-state index in [1.54, 1.807) is 0 Å². The van der Waals surface area contributed by atoms with Crippen LogP contribution in [0, 0.1) is 0 Å². The number of hydrogen-bond acceptors (Lipinski definition) is 4. The zero-order valence-electron chi connectivity index (χ0n) is 5.97. The normalized spacial score (nSPS) is 28.3. The van der Waals surface area contributed by atoms with Gasteiger partial charge in [0, 0.05) is 7.05 Å². The molecule has 0 aromatic heterocycles. The average Bonchev–Trinajstić information content (AvgIpc) is 1.80. The van der Waals surface area contributed by atoms with Crippen molar-refractivity contribution in [3.8, 4) is 0 Å². The van der Waals surface area contributed by atoms with Gasteiger partial charge in [0.1, 0.15) is 12.0 Å². The summed E-state index contributed by atoms with van der Waals surface area (Å²) < 4.78 is 0. The minimum atomic E-state index is 0.272. The molecule has 0 aromatic carbocycles. The number of amidine groups is 1. The van der Waals surface area contributed by atoms with Crippen LogP contribution >= 0.6 is 0 Å². The van der Waals surface area contributed by atoms with E-state index in [0.29, 0.717) is 0 Å². The Hall–Kier alpha value is -0.770. The van der Waals surface area contributed by atoms with E-state index in [1.165, 1.54) is 0 Å². The fourth-order valence-corrected chi connectivity index (χ4v) is 0.654. The minimum Gasteiger partial charge on any atom is -0.304 e. The second-order valence-corrected chi connectivity index (χ2v) is 2.22. The third-order valence-electron chi connectivity index (χ3n) is 1.34. The number of hydrazine groups is 1. The first-order chi connectivity index (χ1) is 4.20. The number of hydrogen-bond donors (Lipinski definition) is 2. The van der Waals surface area contributed by atoms with Gasteiger partial charge in [-0.2, -0.15) is 5.10 Å². The Labute approximate surface area is 54.9 Å². The number of rotatable bonds is 0. The Morgan fingerprint density at radius 2 is 2.33 bits per heavy atom. The van der Waals surface area contributed by atoms with Gasteiger partial charge in [0.25, 0.3) is 0 Å². The summed E-state index contributed by atoms with van der Waals surface area (Å²) in [5.74, 6) is 0.899. The van der Waals surface area contributed by atoms with Crippen molar-refractivity contribution >= 4 is 5.84 Å². The molecular weight excluding hydrogens is 116 g/mol. The highest BCUT2D eigenvalue weighted by atomic mass is 15.6. The second-order valence-electron chi connectivity index (χ2n) is 2.22. The summed E-state index contributed by atoms with van der Waals surface area (Å²) in [6, 6.07) is 0. The smallest absolute Gasteiger partial charge is 0.133 e. The van der Waals surface area contributed by atoms with Crippen molar-refractivity contribution in [1.82, 2.24) is 15.9 Å². The summed E-state index contributed by atoms with van der Waals surface area (Å²) in [7, 11) is 1.97. The lowest BCUT2D eigenvalue weighted by Gasteiger charge is -2.29. The second kappa shape index (κ2) is 2.23. The van der Waals surface area contributed by atoms with Crippen LogP contribution < -0.4 is 10.9 Å². The molecule has 2 N–H and O–H groups in total. The molecular formula is C5H12N4. The van der Waals surface area contributed by atoms with Gasteiger partial charge in [-0.25, -0.2) is 5.01 Å². The molecule has 1 aliphatic rings. The van der Waals surface area contributed by atoms with Crippen LogP contribution in [-0.4, -0.2) is 24.1 Å². The molecule has 0 aliphatic carbocycles. The van der Waals surface area contributed by atoms with E-state index in [1.807, 2.05) is 25.9 Å². The van der Waals surface area contributed by atoms with Crippen molar-refractivity contribution in [2.75, 3.05) is 7.05 Å². The fourth-order valence-electron chi connectivity index (χ4n) is 0.654. The van der Waals surface area contributed by atoms with Gasteiger partial charge >= 0.3 is 0 Å². The van der Waals surface area contributed by atoms with Crippen molar-refractivity contribution in [1.29, 1.82) is 0 Å². The molecule has 4 heteroatoms. The maximum Gasteiger partial charge on any atom is 0.133 e. The summed E-state index contributed by atoms with van der Waals surface area (Å²) in [6.45, 7) is 3.94. The molecule has 0 bridgehead atoms. The molecule has 0 fully saturated rings.